The smallest absolute Gasteiger partial charge is 0.410 e. The number of nitrogens with zero attached hydrogens (tertiary/aromatic N) is 2. The fourth-order valence-corrected chi connectivity index (χ4v) is 4.75. The molecule has 0 unspecified atom stereocenters. The zero-order chi connectivity index (χ0) is 24.2. The van der Waals surface area contributed by atoms with Crippen molar-refractivity contribution in [3.05, 3.63) is 59.0 Å². The van der Waals surface area contributed by atoms with Gasteiger partial charge in [0.25, 0.3) is 0 Å². The van der Waals surface area contributed by atoms with E-state index in [1.807, 2.05) is 6.07 Å². The molecule has 0 bridgehead atoms. The second-order valence-corrected chi connectivity index (χ2v) is 9.29. The number of ether oxygens (including phenoxy) is 2. The molecule has 5 rings (SSSR count). The molecule has 184 valence electrons. The van der Waals surface area contributed by atoms with Gasteiger partial charge < -0.3 is 25.4 Å². The molecule has 8 nitrogen and oxygen atoms in total. The summed E-state index contributed by atoms with van der Waals surface area (Å²) in [5.41, 5.74) is 1.40. The summed E-state index contributed by atoms with van der Waals surface area (Å²) in [5.74, 6) is 0.538. The van der Waals surface area contributed by atoms with Gasteiger partial charge in [-0.05, 0) is 61.6 Å². The summed E-state index contributed by atoms with van der Waals surface area (Å²) in [6, 6.07) is 9.65. The number of hydrogen-bond donors (Lipinski definition) is 3. The maximum absolute atomic E-state index is 13.7. The molecule has 2 fully saturated rings. The Hall–Kier alpha value is -3.01. The molecular formula is C25H27ClFN5O3. The molecular weight excluding hydrogens is 473 g/mol. The Labute approximate surface area is 207 Å². The second kappa shape index (κ2) is 10.7. The summed E-state index contributed by atoms with van der Waals surface area (Å²) in [4.78, 5) is 21.8. The summed E-state index contributed by atoms with van der Waals surface area (Å²) >= 11 is 6.00. The highest BCUT2D eigenvalue weighted by molar-refractivity contribution is 6.30. The van der Waals surface area contributed by atoms with Crippen molar-refractivity contribution >= 4 is 34.5 Å². The van der Waals surface area contributed by atoms with E-state index in [4.69, 9.17) is 21.1 Å². The molecule has 2 saturated heterocycles. The molecule has 10 heteroatoms. The fraction of sp³-hybridized carbons (Fsp3) is 0.400. The number of anilines is 1. The lowest BCUT2D eigenvalue weighted by Gasteiger charge is -2.24. The number of fused-ring (bicyclic) bond motifs is 1. The van der Waals surface area contributed by atoms with Crippen LogP contribution in [-0.2, 0) is 4.74 Å². The number of halogens is 2. The number of benzene rings is 2. The van der Waals surface area contributed by atoms with Crippen molar-refractivity contribution < 1.29 is 18.7 Å². The molecule has 0 saturated carbocycles. The Morgan fingerprint density at radius 1 is 1.20 bits per heavy atom. The minimum atomic E-state index is -0.601. The predicted octanol–water partition coefficient (Wildman–Crippen LogP) is 4.45. The molecule has 3 aromatic rings. The van der Waals surface area contributed by atoms with Crippen molar-refractivity contribution in [1.29, 1.82) is 0 Å². The predicted molar refractivity (Wildman–Crippen MR) is 131 cm³/mol. The van der Waals surface area contributed by atoms with E-state index < -0.39 is 11.9 Å². The van der Waals surface area contributed by atoms with Crippen LogP contribution in [0.4, 0.5) is 15.1 Å². The van der Waals surface area contributed by atoms with Crippen LogP contribution in [-0.4, -0.2) is 48.4 Å². The number of nitrogens with one attached hydrogen (secondary N) is 3. The zero-order valence-electron chi connectivity index (χ0n) is 19.1. The van der Waals surface area contributed by atoms with E-state index >= 15 is 0 Å². The lowest BCUT2D eigenvalue weighted by atomic mass is 9.92. The van der Waals surface area contributed by atoms with Gasteiger partial charge in [-0.3, -0.25) is 0 Å². The Morgan fingerprint density at radius 2 is 2.06 bits per heavy atom. The van der Waals surface area contributed by atoms with Crippen molar-refractivity contribution in [3.8, 4) is 5.75 Å². The monoisotopic (exact) mass is 499 g/mol. The third-order valence-electron chi connectivity index (χ3n) is 6.47. The number of rotatable bonds is 6. The third kappa shape index (κ3) is 5.80. The van der Waals surface area contributed by atoms with Crippen molar-refractivity contribution in [1.82, 2.24) is 20.6 Å². The van der Waals surface area contributed by atoms with Crippen molar-refractivity contribution in [2.24, 2.45) is 5.92 Å². The molecule has 3 N–H and O–H groups in total. The van der Waals surface area contributed by atoms with E-state index in [0.29, 0.717) is 17.2 Å². The SMILES string of the molecule is O=C(N[C@@H](c1ccc(F)c(Cl)c1)[C@@H]1CCNC1)Oc1ccc2cnc(NC3CCOCC3)nc2c1. The molecule has 0 aliphatic carbocycles. The average molecular weight is 500 g/mol. The summed E-state index contributed by atoms with van der Waals surface area (Å²) in [5, 5.41) is 10.5. The van der Waals surface area contributed by atoms with Crippen molar-refractivity contribution in [2.45, 2.75) is 31.3 Å². The molecule has 2 atom stereocenters. The van der Waals surface area contributed by atoms with E-state index in [0.717, 1.165) is 56.5 Å². The van der Waals surface area contributed by atoms with Crippen LogP contribution in [0, 0.1) is 11.7 Å². The Kier molecular flexibility index (Phi) is 7.26. The second-order valence-electron chi connectivity index (χ2n) is 8.88. The van der Waals surface area contributed by atoms with Crippen LogP contribution in [0.1, 0.15) is 30.9 Å². The van der Waals surface area contributed by atoms with Crippen molar-refractivity contribution in [3.63, 3.8) is 0 Å². The molecule has 2 aliphatic heterocycles. The summed E-state index contributed by atoms with van der Waals surface area (Å²) < 4.78 is 24.7. The third-order valence-corrected chi connectivity index (χ3v) is 6.75. The molecule has 3 heterocycles. The number of hydrogen-bond acceptors (Lipinski definition) is 7. The number of carbonyl (C=O) groups excluding carboxylic acids is 1. The van der Waals surface area contributed by atoms with Gasteiger partial charge in [-0.15, -0.1) is 0 Å². The molecule has 1 aromatic heterocycles. The standard InChI is InChI=1S/C25H27ClFN5O3/c26-20-11-15(2-4-21(20)27)23(17-5-8-28-13-17)32-25(33)35-19-3-1-16-14-29-24(31-22(16)12-19)30-18-6-9-34-10-7-18/h1-4,11-12,14,17-18,23,28H,5-10,13H2,(H,32,33)(H,29,30,31)/t17-,23+/m1/s1. The summed E-state index contributed by atoms with van der Waals surface area (Å²) in [6.07, 6.45) is 3.82. The van der Waals surface area contributed by atoms with Gasteiger partial charge in [-0.1, -0.05) is 17.7 Å². The van der Waals surface area contributed by atoms with E-state index in [-0.39, 0.29) is 23.0 Å². The highest BCUT2D eigenvalue weighted by atomic mass is 35.5. The first-order valence-corrected chi connectivity index (χ1v) is 12.2. The van der Waals surface area contributed by atoms with Crippen LogP contribution in [0.2, 0.25) is 5.02 Å². The maximum atomic E-state index is 13.7. The fourth-order valence-electron chi connectivity index (χ4n) is 4.56. The van der Waals surface area contributed by atoms with Gasteiger partial charge in [0.05, 0.1) is 16.6 Å². The molecule has 2 aromatic carbocycles. The van der Waals surface area contributed by atoms with Crippen LogP contribution in [0.25, 0.3) is 10.9 Å². The minimum absolute atomic E-state index is 0.0213. The average Bonchev–Trinajstić information content (AvgIpc) is 3.39. The highest BCUT2D eigenvalue weighted by Crippen LogP contribution is 2.30. The topological polar surface area (TPSA) is 97.4 Å². The first-order chi connectivity index (χ1) is 17.0. The Bertz CT molecular complexity index is 1200. The molecule has 35 heavy (non-hydrogen) atoms. The highest BCUT2D eigenvalue weighted by Gasteiger charge is 2.29. The van der Waals surface area contributed by atoms with Crippen molar-refractivity contribution in [2.75, 3.05) is 31.6 Å². The normalized spacial score (nSPS) is 19.4. The van der Waals surface area contributed by atoms with Crippen LogP contribution < -0.4 is 20.7 Å². The molecule has 2 aliphatic rings. The van der Waals surface area contributed by atoms with E-state index in [1.54, 1.807) is 30.5 Å². The van der Waals surface area contributed by atoms with E-state index in [1.165, 1.54) is 6.07 Å². The zero-order valence-corrected chi connectivity index (χ0v) is 19.9. The quantitative estimate of drug-likeness (QED) is 0.461. The number of carbonyl (C=O) groups is 1. The van der Waals surface area contributed by atoms with Gasteiger partial charge in [0, 0.05) is 43.4 Å². The Morgan fingerprint density at radius 3 is 2.83 bits per heavy atom. The lowest BCUT2D eigenvalue weighted by molar-refractivity contribution is 0.0903. The van der Waals surface area contributed by atoms with Gasteiger partial charge in [-0.2, -0.15) is 0 Å². The number of aromatic nitrogens is 2. The van der Waals surface area contributed by atoms with Crippen LogP contribution in [0.15, 0.2) is 42.6 Å². The van der Waals surface area contributed by atoms with Crippen LogP contribution in [0.5, 0.6) is 5.75 Å². The maximum Gasteiger partial charge on any atom is 0.413 e. The van der Waals surface area contributed by atoms with Gasteiger partial charge in [0.15, 0.2) is 0 Å². The van der Waals surface area contributed by atoms with Gasteiger partial charge in [0.1, 0.15) is 11.6 Å². The summed E-state index contributed by atoms with van der Waals surface area (Å²) in [7, 11) is 0. The largest absolute Gasteiger partial charge is 0.413 e. The molecule has 0 radical (unpaired) electrons. The Balaban J connectivity index is 1.30. The van der Waals surface area contributed by atoms with Crippen LogP contribution >= 0.6 is 11.6 Å². The van der Waals surface area contributed by atoms with Gasteiger partial charge in [0.2, 0.25) is 5.95 Å². The van der Waals surface area contributed by atoms with E-state index in [9.17, 15) is 9.18 Å². The molecule has 1 amide bonds. The van der Waals surface area contributed by atoms with Gasteiger partial charge in [-0.25, -0.2) is 19.2 Å². The first kappa shape index (κ1) is 23.7. The number of amides is 1. The van der Waals surface area contributed by atoms with Gasteiger partial charge >= 0.3 is 6.09 Å². The van der Waals surface area contributed by atoms with Crippen LogP contribution in [0.3, 0.4) is 0 Å². The minimum Gasteiger partial charge on any atom is -0.410 e. The first-order valence-electron chi connectivity index (χ1n) is 11.8. The molecule has 0 spiro atoms. The van der Waals surface area contributed by atoms with E-state index in [2.05, 4.69) is 25.9 Å². The summed E-state index contributed by atoms with van der Waals surface area (Å²) in [6.45, 7) is 3.03. The lowest BCUT2D eigenvalue weighted by Crippen LogP contribution is -2.36.